The number of hydrogen-bond acceptors (Lipinski definition) is 11. The second kappa shape index (κ2) is 21.3. The average Bonchev–Trinajstić information content (AvgIpc) is 3.72. The van der Waals surface area contributed by atoms with Gasteiger partial charge < -0.3 is 57.9 Å². The Labute approximate surface area is 341 Å². The third kappa shape index (κ3) is 13.0. The van der Waals surface area contributed by atoms with Crippen molar-refractivity contribution in [1.82, 2.24) is 31.1 Å². The molecular weight excluding hydrogens is 764 g/mol. The van der Waals surface area contributed by atoms with Crippen molar-refractivity contribution in [2.75, 3.05) is 26.7 Å². The van der Waals surface area contributed by atoms with E-state index < -0.39 is 90.8 Å². The van der Waals surface area contributed by atoms with Gasteiger partial charge in [0.15, 0.2) is 0 Å². The Morgan fingerprint density at radius 1 is 0.763 bits per heavy atom. The van der Waals surface area contributed by atoms with Gasteiger partial charge in [-0.05, 0) is 67.1 Å². The number of likely N-dealkylation sites (tertiary alicyclic amines) is 1. The topological polar surface area (TPSA) is 287 Å². The molecule has 0 aliphatic carbocycles. The molecule has 7 amide bonds. The van der Waals surface area contributed by atoms with Crippen molar-refractivity contribution in [2.45, 2.75) is 75.3 Å². The first kappa shape index (κ1) is 45.2. The fourth-order valence-electron chi connectivity index (χ4n) is 6.53. The zero-order valence-electron chi connectivity index (χ0n) is 32.9. The lowest BCUT2D eigenvalue weighted by atomic mass is 10.0. The van der Waals surface area contributed by atoms with Gasteiger partial charge in [0.05, 0.1) is 19.2 Å². The molecule has 59 heavy (non-hydrogen) atoms. The normalized spacial score (nSPS) is 16.1. The van der Waals surface area contributed by atoms with Gasteiger partial charge in [0, 0.05) is 26.4 Å². The molecule has 18 nitrogen and oxygen atoms in total. The van der Waals surface area contributed by atoms with Crippen LogP contribution in [-0.2, 0) is 52.8 Å². The number of phenolic OH excluding ortho intramolecular Hbond substituents is 2. The summed E-state index contributed by atoms with van der Waals surface area (Å²) in [5, 5.41) is 39.0. The smallest absolute Gasteiger partial charge is 0.246 e. The summed E-state index contributed by atoms with van der Waals surface area (Å²) >= 11 is 0. The van der Waals surface area contributed by atoms with Gasteiger partial charge in [-0.25, -0.2) is 0 Å². The summed E-state index contributed by atoms with van der Waals surface area (Å²) < 4.78 is 0. The number of aliphatic hydroxyl groups excluding tert-OH is 1. The molecule has 1 aliphatic rings. The largest absolute Gasteiger partial charge is 0.508 e. The highest BCUT2D eigenvalue weighted by atomic mass is 16.3. The Balaban J connectivity index is 1.44. The van der Waals surface area contributed by atoms with Gasteiger partial charge in [0.25, 0.3) is 0 Å². The quantitative estimate of drug-likeness (QED) is 0.0660. The minimum Gasteiger partial charge on any atom is -0.508 e. The Morgan fingerprint density at radius 3 is 1.90 bits per heavy atom. The third-order valence-electron chi connectivity index (χ3n) is 10.0. The maximum Gasteiger partial charge on any atom is 0.246 e. The summed E-state index contributed by atoms with van der Waals surface area (Å²) in [6.07, 6.45) is 0.797. The van der Waals surface area contributed by atoms with Crippen LogP contribution in [0.2, 0.25) is 0 Å². The molecule has 1 heterocycles. The number of nitrogens with two attached hydrogens (primary N) is 2. The fraction of sp³-hybridized carbons (Fsp3) is 0.390. The molecule has 11 N–H and O–H groups in total. The number of nitrogens with zero attached hydrogens (tertiary/aromatic N) is 2. The van der Waals surface area contributed by atoms with E-state index in [2.05, 4.69) is 21.3 Å². The van der Waals surface area contributed by atoms with Crippen molar-refractivity contribution >= 4 is 41.4 Å². The summed E-state index contributed by atoms with van der Waals surface area (Å²) in [6, 6.07) is 14.1. The number of amides is 7. The number of benzene rings is 3. The summed E-state index contributed by atoms with van der Waals surface area (Å²) in [5.74, 6) is -4.93. The van der Waals surface area contributed by atoms with Gasteiger partial charge in [-0.15, -0.1) is 0 Å². The standard InChI is InChI=1S/C41H52N8O10/c1-24(48(2)40(58)30(42)19-26-10-14-28(51)15-11-26)37(55)46-31(20-25-7-4-3-5-8-25)38(56)44-22-35(53)45-32(21-27-12-16-29(52)17-13-27)41(59)49-18-6-9-34(49)39(57)47-33(23-50)36(43)54/h3-5,7-8,10-17,24,30-34,50-52H,6,9,18-23,42H2,1-2H3,(H2,43,54)(H,44,56)(H,45,53)(H,46,55)(H,47,57)/t24-,30+,31+,32+,33+,34+/m1/s1. The molecular formula is C41H52N8O10. The van der Waals surface area contributed by atoms with Crippen LogP contribution < -0.4 is 32.7 Å². The Kier molecular flexibility index (Phi) is 16.3. The summed E-state index contributed by atoms with van der Waals surface area (Å²) in [6.45, 7) is 0.283. The molecule has 0 radical (unpaired) electrons. The lowest BCUT2D eigenvalue weighted by Gasteiger charge is -2.30. The number of primary amides is 1. The van der Waals surface area contributed by atoms with Gasteiger partial charge >= 0.3 is 0 Å². The van der Waals surface area contributed by atoms with Crippen LogP contribution in [0.25, 0.3) is 0 Å². The monoisotopic (exact) mass is 816 g/mol. The second-order valence-corrected chi connectivity index (χ2v) is 14.4. The summed E-state index contributed by atoms with van der Waals surface area (Å²) in [7, 11) is 1.42. The van der Waals surface area contributed by atoms with Crippen LogP contribution in [0.15, 0.2) is 78.9 Å². The first-order valence-electron chi connectivity index (χ1n) is 19.1. The fourth-order valence-corrected chi connectivity index (χ4v) is 6.53. The zero-order valence-corrected chi connectivity index (χ0v) is 32.9. The molecule has 0 spiro atoms. The molecule has 1 saturated heterocycles. The van der Waals surface area contributed by atoms with E-state index in [0.717, 1.165) is 0 Å². The van der Waals surface area contributed by atoms with Crippen LogP contribution in [0.3, 0.4) is 0 Å². The van der Waals surface area contributed by atoms with Crippen LogP contribution in [0.5, 0.6) is 11.5 Å². The number of likely N-dealkylation sites (N-methyl/N-ethyl adjacent to an activating group) is 1. The number of rotatable bonds is 19. The number of carbonyl (C=O) groups excluding carboxylic acids is 7. The second-order valence-electron chi connectivity index (χ2n) is 14.4. The van der Waals surface area contributed by atoms with Gasteiger partial charge in [-0.1, -0.05) is 54.6 Å². The zero-order chi connectivity index (χ0) is 43.2. The maximum atomic E-state index is 14.0. The number of aromatic hydroxyl groups is 2. The van der Waals surface area contributed by atoms with E-state index >= 15 is 0 Å². The first-order chi connectivity index (χ1) is 28.1. The van der Waals surface area contributed by atoms with Crippen molar-refractivity contribution in [3.05, 3.63) is 95.6 Å². The van der Waals surface area contributed by atoms with Crippen molar-refractivity contribution in [3.8, 4) is 11.5 Å². The van der Waals surface area contributed by atoms with Crippen LogP contribution >= 0.6 is 0 Å². The van der Waals surface area contributed by atoms with Crippen LogP contribution in [0, 0.1) is 0 Å². The Hall–Kier alpha value is -6.53. The molecule has 0 aromatic heterocycles. The van der Waals surface area contributed by atoms with Gasteiger partial charge in [0.2, 0.25) is 41.4 Å². The number of carbonyl (C=O) groups is 7. The van der Waals surface area contributed by atoms with E-state index in [0.29, 0.717) is 23.1 Å². The van der Waals surface area contributed by atoms with Crippen LogP contribution in [-0.4, -0.2) is 129 Å². The molecule has 0 bridgehead atoms. The number of phenols is 2. The van der Waals surface area contributed by atoms with E-state index in [4.69, 9.17) is 11.5 Å². The van der Waals surface area contributed by atoms with Crippen molar-refractivity contribution in [3.63, 3.8) is 0 Å². The molecule has 0 saturated carbocycles. The minimum absolute atomic E-state index is 0.0217. The lowest BCUT2D eigenvalue weighted by Crippen LogP contribution is -2.58. The molecule has 0 unspecified atom stereocenters. The molecule has 18 heteroatoms. The van der Waals surface area contributed by atoms with Gasteiger partial charge in [-0.2, -0.15) is 0 Å². The van der Waals surface area contributed by atoms with Crippen molar-refractivity contribution < 1.29 is 48.9 Å². The summed E-state index contributed by atoms with van der Waals surface area (Å²) in [5.41, 5.74) is 13.4. The third-order valence-corrected chi connectivity index (χ3v) is 10.0. The highest BCUT2D eigenvalue weighted by Crippen LogP contribution is 2.21. The summed E-state index contributed by atoms with van der Waals surface area (Å²) in [4.78, 5) is 95.0. The van der Waals surface area contributed by atoms with Crippen LogP contribution in [0.4, 0.5) is 0 Å². The van der Waals surface area contributed by atoms with Crippen molar-refractivity contribution in [2.24, 2.45) is 11.5 Å². The molecule has 1 fully saturated rings. The Bertz CT molecular complexity index is 1950. The van der Waals surface area contributed by atoms with Gasteiger partial charge in [-0.3, -0.25) is 33.6 Å². The van der Waals surface area contributed by atoms with Gasteiger partial charge in [0.1, 0.15) is 41.7 Å². The number of nitrogens with one attached hydrogen (secondary N) is 4. The number of aliphatic hydroxyl groups is 1. The maximum absolute atomic E-state index is 14.0. The number of hydrogen-bond donors (Lipinski definition) is 9. The molecule has 1 aliphatic heterocycles. The minimum atomic E-state index is -1.36. The van der Waals surface area contributed by atoms with E-state index in [1.54, 1.807) is 54.6 Å². The average molecular weight is 817 g/mol. The molecule has 3 aromatic rings. The SMILES string of the molecule is C[C@H](C(=O)N[C@@H](Cc1ccccc1)C(=O)NCC(=O)N[C@@H](Cc1ccc(O)cc1)C(=O)N1CCC[C@H]1C(=O)N[C@@H](CO)C(N)=O)N(C)C(=O)[C@@H](N)Cc1ccc(O)cc1. The molecule has 3 aromatic carbocycles. The molecule has 316 valence electrons. The molecule has 6 atom stereocenters. The van der Waals surface area contributed by atoms with E-state index in [1.165, 1.54) is 48.0 Å². The predicted octanol–water partition coefficient (Wildman–Crippen LogP) is -1.66. The highest BCUT2D eigenvalue weighted by molar-refractivity contribution is 5.96. The Morgan fingerprint density at radius 2 is 1.32 bits per heavy atom. The lowest BCUT2D eigenvalue weighted by molar-refractivity contribution is -0.142. The van der Waals surface area contributed by atoms with Crippen LogP contribution in [0.1, 0.15) is 36.5 Å². The highest BCUT2D eigenvalue weighted by Gasteiger charge is 2.39. The first-order valence-corrected chi connectivity index (χ1v) is 19.1. The van der Waals surface area contributed by atoms with E-state index in [1.807, 2.05) is 0 Å². The van der Waals surface area contributed by atoms with Crippen molar-refractivity contribution in [1.29, 1.82) is 0 Å². The molecule has 4 rings (SSSR count). The predicted molar refractivity (Wildman–Crippen MR) is 214 cm³/mol. The van der Waals surface area contributed by atoms with E-state index in [9.17, 15) is 48.9 Å². The van der Waals surface area contributed by atoms with E-state index in [-0.39, 0.29) is 43.7 Å².